The van der Waals surface area contributed by atoms with E-state index in [4.69, 9.17) is 0 Å². The number of nitrogens with one attached hydrogen (secondary N) is 1. The predicted octanol–water partition coefficient (Wildman–Crippen LogP) is 3.41. The number of aromatic nitrogens is 1. The summed E-state index contributed by atoms with van der Waals surface area (Å²) < 4.78 is 0. The van der Waals surface area contributed by atoms with Crippen molar-refractivity contribution in [3.63, 3.8) is 0 Å². The van der Waals surface area contributed by atoms with Crippen molar-refractivity contribution in [2.75, 3.05) is 6.54 Å². The van der Waals surface area contributed by atoms with Crippen LogP contribution in [-0.2, 0) is 6.42 Å². The van der Waals surface area contributed by atoms with Crippen LogP contribution in [0.3, 0.4) is 0 Å². The first-order chi connectivity index (χ1) is 8.56. The first-order valence-corrected chi connectivity index (χ1v) is 8.03. The van der Waals surface area contributed by atoms with Crippen molar-refractivity contribution in [1.29, 1.82) is 0 Å². The van der Waals surface area contributed by atoms with E-state index in [2.05, 4.69) is 37.3 Å². The summed E-state index contributed by atoms with van der Waals surface area (Å²) in [5, 5.41) is 4.89. The summed E-state index contributed by atoms with van der Waals surface area (Å²) in [6.07, 6.45) is 7.72. The summed E-state index contributed by atoms with van der Waals surface area (Å²) in [4.78, 5) is 5.90. The molecule has 1 aromatic rings. The standard InChI is InChI=1S/C15H24N2S/c1-10(2)17-9-15(5-12-4-13(12)6-15)7-14-8-16-11(3)18-14/h8,10,12-13,17H,4-7,9H2,1-3H3. The second kappa shape index (κ2) is 4.61. The molecular formula is C15H24N2S. The Labute approximate surface area is 114 Å². The van der Waals surface area contributed by atoms with Crippen LogP contribution in [0.2, 0.25) is 0 Å². The van der Waals surface area contributed by atoms with Crippen LogP contribution in [0.25, 0.3) is 0 Å². The molecule has 0 spiro atoms. The molecule has 1 heterocycles. The highest BCUT2D eigenvalue weighted by molar-refractivity contribution is 7.11. The van der Waals surface area contributed by atoms with Gasteiger partial charge in [-0.2, -0.15) is 0 Å². The van der Waals surface area contributed by atoms with Crippen LogP contribution in [-0.4, -0.2) is 17.6 Å². The normalized spacial score (nSPS) is 34.0. The van der Waals surface area contributed by atoms with Crippen molar-refractivity contribution in [2.24, 2.45) is 17.3 Å². The largest absolute Gasteiger partial charge is 0.314 e. The molecule has 2 aliphatic carbocycles. The third kappa shape index (κ3) is 2.62. The van der Waals surface area contributed by atoms with Crippen LogP contribution in [0.15, 0.2) is 6.20 Å². The van der Waals surface area contributed by atoms with E-state index in [9.17, 15) is 0 Å². The zero-order chi connectivity index (χ0) is 12.8. The smallest absolute Gasteiger partial charge is 0.0896 e. The molecule has 0 radical (unpaired) electrons. The number of hydrogen-bond donors (Lipinski definition) is 1. The van der Waals surface area contributed by atoms with Gasteiger partial charge in [-0.25, -0.2) is 4.98 Å². The third-order valence-corrected chi connectivity index (χ3v) is 5.48. The fraction of sp³-hybridized carbons (Fsp3) is 0.800. The Balaban J connectivity index is 1.69. The van der Waals surface area contributed by atoms with Crippen LogP contribution in [0.5, 0.6) is 0 Å². The summed E-state index contributed by atoms with van der Waals surface area (Å²) in [6, 6.07) is 0.599. The van der Waals surface area contributed by atoms with Crippen molar-refractivity contribution in [3.05, 3.63) is 16.1 Å². The highest BCUT2D eigenvalue weighted by Gasteiger charge is 2.53. The summed E-state index contributed by atoms with van der Waals surface area (Å²) in [6.45, 7) is 7.80. The van der Waals surface area contributed by atoms with Gasteiger partial charge < -0.3 is 5.32 Å². The van der Waals surface area contributed by atoms with Gasteiger partial charge in [0.15, 0.2) is 0 Å². The third-order valence-electron chi connectivity index (χ3n) is 4.56. The van der Waals surface area contributed by atoms with E-state index in [1.165, 1.54) is 42.1 Å². The van der Waals surface area contributed by atoms with E-state index in [1.807, 2.05) is 11.3 Å². The molecule has 18 heavy (non-hydrogen) atoms. The van der Waals surface area contributed by atoms with Gasteiger partial charge in [0.05, 0.1) is 5.01 Å². The van der Waals surface area contributed by atoms with E-state index < -0.39 is 0 Å². The number of fused-ring (bicyclic) bond motifs is 1. The molecule has 0 bridgehead atoms. The van der Waals surface area contributed by atoms with E-state index in [0.717, 1.165) is 11.8 Å². The maximum absolute atomic E-state index is 4.41. The van der Waals surface area contributed by atoms with Gasteiger partial charge in [-0.05, 0) is 49.9 Å². The fourth-order valence-corrected chi connectivity index (χ4v) is 4.60. The Kier molecular flexibility index (Phi) is 3.23. The number of aryl methyl sites for hydroxylation is 1. The molecule has 2 saturated carbocycles. The number of nitrogens with zero attached hydrogens (tertiary/aromatic N) is 1. The molecular weight excluding hydrogens is 240 g/mol. The van der Waals surface area contributed by atoms with Gasteiger partial charge in [-0.1, -0.05) is 13.8 Å². The predicted molar refractivity (Wildman–Crippen MR) is 77.0 cm³/mol. The minimum absolute atomic E-state index is 0.525. The minimum atomic E-state index is 0.525. The molecule has 0 aromatic carbocycles. The van der Waals surface area contributed by atoms with Gasteiger partial charge in [-0.15, -0.1) is 11.3 Å². The van der Waals surface area contributed by atoms with Crippen molar-refractivity contribution in [1.82, 2.24) is 10.3 Å². The molecule has 0 saturated heterocycles. The topological polar surface area (TPSA) is 24.9 Å². The maximum Gasteiger partial charge on any atom is 0.0896 e. The average molecular weight is 264 g/mol. The zero-order valence-corrected chi connectivity index (χ0v) is 12.5. The lowest BCUT2D eigenvalue weighted by Crippen LogP contribution is -2.38. The first kappa shape index (κ1) is 12.6. The Morgan fingerprint density at radius 1 is 1.44 bits per heavy atom. The van der Waals surface area contributed by atoms with Gasteiger partial charge in [0, 0.05) is 23.7 Å². The Morgan fingerprint density at radius 3 is 2.72 bits per heavy atom. The molecule has 0 amide bonds. The Hall–Kier alpha value is -0.410. The number of hydrogen-bond acceptors (Lipinski definition) is 3. The van der Waals surface area contributed by atoms with E-state index >= 15 is 0 Å². The summed E-state index contributed by atoms with van der Waals surface area (Å²) >= 11 is 1.88. The summed E-state index contributed by atoms with van der Waals surface area (Å²) in [7, 11) is 0. The zero-order valence-electron chi connectivity index (χ0n) is 11.7. The Bertz CT molecular complexity index is 414. The monoisotopic (exact) mass is 264 g/mol. The molecule has 1 N–H and O–H groups in total. The second-order valence-corrected chi connectivity index (χ2v) is 8.04. The maximum atomic E-state index is 4.41. The molecule has 3 rings (SSSR count). The molecule has 2 nitrogen and oxygen atoms in total. The van der Waals surface area contributed by atoms with E-state index in [1.54, 1.807) is 0 Å². The fourth-order valence-electron chi connectivity index (χ4n) is 3.63. The van der Waals surface area contributed by atoms with Gasteiger partial charge >= 0.3 is 0 Å². The minimum Gasteiger partial charge on any atom is -0.314 e. The van der Waals surface area contributed by atoms with Crippen LogP contribution < -0.4 is 5.32 Å². The molecule has 2 fully saturated rings. The molecule has 2 atom stereocenters. The van der Waals surface area contributed by atoms with Crippen LogP contribution in [0.4, 0.5) is 0 Å². The van der Waals surface area contributed by atoms with Crippen LogP contribution in [0, 0.1) is 24.2 Å². The second-order valence-electron chi connectivity index (χ2n) is 6.72. The lowest BCUT2D eigenvalue weighted by molar-refractivity contribution is 0.243. The lowest BCUT2D eigenvalue weighted by atomic mass is 9.79. The van der Waals surface area contributed by atoms with Crippen LogP contribution >= 0.6 is 11.3 Å². The molecule has 1 aromatic heterocycles. The van der Waals surface area contributed by atoms with Crippen molar-refractivity contribution in [2.45, 2.75) is 52.5 Å². The van der Waals surface area contributed by atoms with Gasteiger partial charge in [0.25, 0.3) is 0 Å². The van der Waals surface area contributed by atoms with Gasteiger partial charge in [0.2, 0.25) is 0 Å². The van der Waals surface area contributed by atoms with E-state index in [-0.39, 0.29) is 0 Å². The molecule has 2 aliphatic rings. The first-order valence-electron chi connectivity index (χ1n) is 7.21. The quantitative estimate of drug-likeness (QED) is 0.881. The molecule has 2 unspecified atom stereocenters. The van der Waals surface area contributed by atoms with Crippen molar-refractivity contribution in [3.8, 4) is 0 Å². The SMILES string of the molecule is Cc1ncc(CC2(CNC(C)C)CC3CC3C2)s1. The highest BCUT2D eigenvalue weighted by Crippen LogP contribution is 2.60. The number of rotatable bonds is 5. The average Bonchev–Trinajstić information content (AvgIpc) is 2.72. The van der Waals surface area contributed by atoms with Gasteiger partial charge in [0.1, 0.15) is 0 Å². The van der Waals surface area contributed by atoms with E-state index in [0.29, 0.717) is 11.5 Å². The van der Waals surface area contributed by atoms with Crippen molar-refractivity contribution >= 4 is 11.3 Å². The summed E-state index contributed by atoms with van der Waals surface area (Å²) in [5.74, 6) is 2.10. The lowest BCUT2D eigenvalue weighted by Gasteiger charge is -2.32. The molecule has 100 valence electrons. The van der Waals surface area contributed by atoms with Gasteiger partial charge in [-0.3, -0.25) is 0 Å². The van der Waals surface area contributed by atoms with Crippen LogP contribution in [0.1, 0.15) is 43.0 Å². The highest BCUT2D eigenvalue weighted by atomic mass is 32.1. The van der Waals surface area contributed by atoms with Crippen molar-refractivity contribution < 1.29 is 0 Å². The Morgan fingerprint density at radius 2 is 2.17 bits per heavy atom. The molecule has 0 aliphatic heterocycles. The summed E-state index contributed by atoms with van der Waals surface area (Å²) in [5.41, 5.74) is 0.525. The number of thiazole rings is 1. The molecule has 3 heteroatoms.